The van der Waals surface area contributed by atoms with Gasteiger partial charge in [0.2, 0.25) is 0 Å². The first-order valence-electron chi connectivity index (χ1n) is 7.13. The molecule has 5 heteroatoms. The molecule has 1 aliphatic carbocycles. The molecular formula is C14H23N3O2. The molecule has 0 aromatic carbocycles. The van der Waals surface area contributed by atoms with Gasteiger partial charge >= 0.3 is 5.97 Å². The number of hydrogen-bond acceptors (Lipinski definition) is 4. The van der Waals surface area contributed by atoms with Gasteiger partial charge in [-0.15, -0.1) is 0 Å². The number of nitrogens with two attached hydrogens (primary N) is 1. The molecule has 2 N–H and O–H groups in total. The maximum absolute atomic E-state index is 11.8. The van der Waals surface area contributed by atoms with Crippen LogP contribution in [0.3, 0.4) is 0 Å². The fourth-order valence-electron chi connectivity index (χ4n) is 2.81. The molecule has 0 unspecified atom stereocenters. The van der Waals surface area contributed by atoms with E-state index >= 15 is 0 Å². The number of aryl methyl sites for hydroxylation is 1. The summed E-state index contributed by atoms with van der Waals surface area (Å²) in [4.78, 5) is 11.8. The van der Waals surface area contributed by atoms with Crippen LogP contribution in [0.2, 0.25) is 0 Å². The Bertz CT molecular complexity index is 448. The summed E-state index contributed by atoms with van der Waals surface area (Å²) in [5, 5.41) is 4.40. The van der Waals surface area contributed by atoms with Gasteiger partial charge in [-0.3, -0.25) is 0 Å². The lowest BCUT2D eigenvalue weighted by Crippen LogP contribution is -2.17. The summed E-state index contributed by atoms with van der Waals surface area (Å²) in [6.07, 6.45) is 6.36. The van der Waals surface area contributed by atoms with Gasteiger partial charge in [0, 0.05) is 6.54 Å². The Morgan fingerprint density at radius 1 is 1.42 bits per heavy atom. The first kappa shape index (κ1) is 13.9. The Labute approximate surface area is 114 Å². The number of ether oxygens (including phenoxy) is 1. The highest BCUT2D eigenvalue weighted by molar-refractivity contribution is 5.95. The number of aromatic nitrogens is 2. The van der Waals surface area contributed by atoms with Crippen LogP contribution in [0.1, 0.15) is 55.1 Å². The second-order valence-electron chi connectivity index (χ2n) is 5.25. The van der Waals surface area contributed by atoms with Crippen LogP contribution in [-0.2, 0) is 11.3 Å². The molecule has 106 valence electrons. The van der Waals surface area contributed by atoms with Crippen molar-refractivity contribution in [3.05, 3.63) is 11.3 Å². The number of rotatable bonds is 4. The summed E-state index contributed by atoms with van der Waals surface area (Å²) < 4.78 is 6.80. The minimum atomic E-state index is -0.368. The molecule has 1 fully saturated rings. The summed E-state index contributed by atoms with van der Waals surface area (Å²) >= 11 is 0. The van der Waals surface area contributed by atoms with E-state index in [0.717, 1.165) is 6.54 Å². The van der Waals surface area contributed by atoms with E-state index in [1.165, 1.54) is 32.1 Å². The van der Waals surface area contributed by atoms with E-state index < -0.39 is 0 Å². The summed E-state index contributed by atoms with van der Waals surface area (Å²) in [5.74, 6) is 0.708. The maximum Gasteiger partial charge on any atom is 0.343 e. The molecule has 0 bridgehead atoms. The van der Waals surface area contributed by atoms with Gasteiger partial charge in [0.05, 0.1) is 12.3 Å². The number of anilines is 1. The Kier molecular flexibility index (Phi) is 4.45. The Hall–Kier alpha value is -1.52. The van der Waals surface area contributed by atoms with Crippen LogP contribution in [0.25, 0.3) is 0 Å². The summed E-state index contributed by atoms with van der Waals surface area (Å²) in [5.41, 5.74) is 7.14. The van der Waals surface area contributed by atoms with Crippen LogP contribution in [-0.4, -0.2) is 22.4 Å². The molecular weight excluding hydrogens is 242 g/mol. The minimum absolute atomic E-state index is 0.353. The standard InChI is InChI=1S/C14H23N3O2/c1-3-19-14(18)12-10(2)16-17(13(12)15)9-11-7-5-4-6-8-11/h11H,3-9,15H2,1-2H3. The molecule has 1 aromatic rings. The van der Waals surface area contributed by atoms with Crippen molar-refractivity contribution in [3.8, 4) is 0 Å². The SMILES string of the molecule is CCOC(=O)c1c(C)nn(CC2CCCCC2)c1N. The molecule has 0 saturated heterocycles. The average molecular weight is 265 g/mol. The zero-order chi connectivity index (χ0) is 13.8. The molecule has 1 aliphatic rings. The molecule has 2 rings (SSSR count). The fourth-order valence-corrected chi connectivity index (χ4v) is 2.81. The van der Waals surface area contributed by atoms with Gasteiger partial charge in [-0.2, -0.15) is 5.10 Å². The highest BCUT2D eigenvalue weighted by atomic mass is 16.5. The quantitative estimate of drug-likeness (QED) is 0.849. The predicted octanol–water partition coefficient (Wildman–Crippen LogP) is 2.53. The van der Waals surface area contributed by atoms with Crippen molar-refractivity contribution in [1.82, 2.24) is 9.78 Å². The third-order valence-electron chi connectivity index (χ3n) is 3.80. The van der Waals surface area contributed by atoms with Gasteiger partial charge < -0.3 is 10.5 Å². The fraction of sp³-hybridized carbons (Fsp3) is 0.714. The lowest BCUT2D eigenvalue weighted by Gasteiger charge is -2.21. The molecule has 5 nitrogen and oxygen atoms in total. The maximum atomic E-state index is 11.8. The zero-order valence-electron chi connectivity index (χ0n) is 11.8. The second-order valence-corrected chi connectivity index (χ2v) is 5.25. The first-order valence-corrected chi connectivity index (χ1v) is 7.13. The van der Waals surface area contributed by atoms with Gasteiger partial charge in [-0.05, 0) is 32.6 Å². The van der Waals surface area contributed by atoms with Gasteiger partial charge in [-0.1, -0.05) is 19.3 Å². The second kappa shape index (κ2) is 6.08. The Morgan fingerprint density at radius 2 is 2.11 bits per heavy atom. The van der Waals surface area contributed by atoms with Gasteiger partial charge in [-0.25, -0.2) is 9.48 Å². The van der Waals surface area contributed by atoms with E-state index in [-0.39, 0.29) is 5.97 Å². The van der Waals surface area contributed by atoms with Crippen LogP contribution in [0.4, 0.5) is 5.82 Å². The molecule has 1 heterocycles. The van der Waals surface area contributed by atoms with Gasteiger partial charge in [0.15, 0.2) is 0 Å². The van der Waals surface area contributed by atoms with E-state index in [9.17, 15) is 4.79 Å². The molecule has 0 atom stereocenters. The molecule has 0 radical (unpaired) electrons. The monoisotopic (exact) mass is 265 g/mol. The zero-order valence-corrected chi connectivity index (χ0v) is 11.8. The Morgan fingerprint density at radius 3 is 2.74 bits per heavy atom. The van der Waals surface area contributed by atoms with E-state index in [1.54, 1.807) is 18.5 Å². The summed E-state index contributed by atoms with van der Waals surface area (Å²) in [6.45, 7) is 4.76. The number of esters is 1. The first-order chi connectivity index (χ1) is 9.13. The van der Waals surface area contributed by atoms with E-state index in [0.29, 0.717) is 29.6 Å². The predicted molar refractivity (Wildman–Crippen MR) is 73.9 cm³/mol. The minimum Gasteiger partial charge on any atom is -0.462 e. The van der Waals surface area contributed by atoms with Crippen LogP contribution in [0, 0.1) is 12.8 Å². The number of nitrogens with zero attached hydrogens (tertiary/aromatic N) is 2. The normalized spacial score (nSPS) is 16.5. The number of carbonyl (C=O) groups excluding carboxylic acids is 1. The van der Waals surface area contributed by atoms with Crippen molar-refractivity contribution in [1.29, 1.82) is 0 Å². The molecule has 1 aromatic heterocycles. The van der Waals surface area contributed by atoms with E-state index in [1.807, 2.05) is 0 Å². The van der Waals surface area contributed by atoms with Gasteiger partial charge in [0.1, 0.15) is 11.4 Å². The molecule has 0 aliphatic heterocycles. The largest absolute Gasteiger partial charge is 0.462 e. The molecule has 1 saturated carbocycles. The summed E-state index contributed by atoms with van der Waals surface area (Å²) in [7, 11) is 0. The van der Waals surface area contributed by atoms with Crippen molar-refractivity contribution in [2.45, 2.75) is 52.5 Å². The van der Waals surface area contributed by atoms with Crippen LogP contribution < -0.4 is 5.73 Å². The van der Waals surface area contributed by atoms with Crippen LogP contribution >= 0.6 is 0 Å². The highest BCUT2D eigenvalue weighted by Gasteiger charge is 2.22. The lowest BCUT2D eigenvalue weighted by atomic mass is 9.89. The van der Waals surface area contributed by atoms with Crippen molar-refractivity contribution in [2.75, 3.05) is 12.3 Å². The third kappa shape index (κ3) is 3.08. The van der Waals surface area contributed by atoms with Crippen molar-refractivity contribution >= 4 is 11.8 Å². The van der Waals surface area contributed by atoms with E-state index in [4.69, 9.17) is 10.5 Å². The van der Waals surface area contributed by atoms with Crippen LogP contribution in [0.5, 0.6) is 0 Å². The summed E-state index contributed by atoms with van der Waals surface area (Å²) in [6, 6.07) is 0. The van der Waals surface area contributed by atoms with Crippen molar-refractivity contribution < 1.29 is 9.53 Å². The van der Waals surface area contributed by atoms with Gasteiger partial charge in [0.25, 0.3) is 0 Å². The average Bonchev–Trinajstić information content (AvgIpc) is 2.66. The number of carbonyl (C=O) groups is 1. The van der Waals surface area contributed by atoms with Crippen molar-refractivity contribution in [3.63, 3.8) is 0 Å². The third-order valence-corrected chi connectivity index (χ3v) is 3.80. The van der Waals surface area contributed by atoms with Crippen LogP contribution in [0.15, 0.2) is 0 Å². The number of hydrogen-bond donors (Lipinski definition) is 1. The molecule has 19 heavy (non-hydrogen) atoms. The van der Waals surface area contributed by atoms with Crippen molar-refractivity contribution in [2.24, 2.45) is 5.92 Å². The van der Waals surface area contributed by atoms with E-state index in [2.05, 4.69) is 5.10 Å². The highest BCUT2D eigenvalue weighted by Crippen LogP contribution is 2.27. The topological polar surface area (TPSA) is 70.1 Å². The number of nitrogen functional groups attached to an aromatic ring is 1. The molecule has 0 spiro atoms. The lowest BCUT2D eigenvalue weighted by molar-refractivity contribution is 0.0526. The molecule has 0 amide bonds. The Balaban J connectivity index is 2.13. The smallest absolute Gasteiger partial charge is 0.343 e.